The molecular formula is C17H26N4OS. The SMILES string of the molecule is S=C(NC[C@H]1CCCO1)NC1CCN(Cc2ccccn2)CC1. The lowest BCUT2D eigenvalue weighted by atomic mass is 10.1. The van der Waals surface area contributed by atoms with Crippen molar-refractivity contribution in [2.24, 2.45) is 0 Å². The normalized spacial score (nSPS) is 22.9. The summed E-state index contributed by atoms with van der Waals surface area (Å²) >= 11 is 5.40. The Morgan fingerprint density at radius 1 is 1.30 bits per heavy atom. The van der Waals surface area contributed by atoms with Crippen LogP contribution in [-0.4, -0.2) is 53.4 Å². The van der Waals surface area contributed by atoms with Gasteiger partial charge in [-0.15, -0.1) is 0 Å². The summed E-state index contributed by atoms with van der Waals surface area (Å²) in [6.07, 6.45) is 6.74. The summed E-state index contributed by atoms with van der Waals surface area (Å²) in [5, 5.41) is 7.51. The van der Waals surface area contributed by atoms with Gasteiger partial charge in [0.25, 0.3) is 0 Å². The van der Waals surface area contributed by atoms with Gasteiger partial charge in [-0.3, -0.25) is 9.88 Å². The third-order valence-electron chi connectivity index (χ3n) is 4.55. The van der Waals surface area contributed by atoms with Crippen molar-refractivity contribution in [1.82, 2.24) is 20.5 Å². The fraction of sp³-hybridized carbons (Fsp3) is 0.647. The molecule has 6 heteroatoms. The highest BCUT2D eigenvalue weighted by molar-refractivity contribution is 7.80. The molecule has 0 radical (unpaired) electrons. The summed E-state index contributed by atoms with van der Waals surface area (Å²) in [6.45, 7) is 4.83. The van der Waals surface area contributed by atoms with E-state index in [4.69, 9.17) is 17.0 Å². The molecule has 2 aliphatic heterocycles. The van der Waals surface area contributed by atoms with E-state index in [1.54, 1.807) is 0 Å². The Labute approximate surface area is 143 Å². The van der Waals surface area contributed by atoms with Gasteiger partial charge in [-0.1, -0.05) is 6.07 Å². The van der Waals surface area contributed by atoms with Crippen molar-refractivity contribution in [2.45, 2.75) is 44.4 Å². The van der Waals surface area contributed by atoms with Crippen molar-refractivity contribution < 1.29 is 4.74 Å². The van der Waals surface area contributed by atoms with Crippen LogP contribution < -0.4 is 10.6 Å². The number of pyridine rings is 1. The average molecular weight is 334 g/mol. The van der Waals surface area contributed by atoms with Crippen molar-refractivity contribution in [3.63, 3.8) is 0 Å². The largest absolute Gasteiger partial charge is 0.376 e. The molecular weight excluding hydrogens is 308 g/mol. The lowest BCUT2D eigenvalue weighted by Gasteiger charge is -2.32. The van der Waals surface area contributed by atoms with Gasteiger partial charge in [-0.05, 0) is 50.0 Å². The van der Waals surface area contributed by atoms with Crippen molar-refractivity contribution in [3.05, 3.63) is 30.1 Å². The molecule has 1 aromatic rings. The van der Waals surface area contributed by atoms with Crippen LogP contribution in [-0.2, 0) is 11.3 Å². The number of thiocarbonyl (C=S) groups is 1. The van der Waals surface area contributed by atoms with Gasteiger partial charge in [-0.25, -0.2) is 0 Å². The lowest BCUT2D eigenvalue weighted by Crippen LogP contribution is -2.48. The number of aromatic nitrogens is 1. The summed E-state index contributed by atoms with van der Waals surface area (Å²) in [5.74, 6) is 0. The van der Waals surface area contributed by atoms with Gasteiger partial charge in [0.15, 0.2) is 5.11 Å². The molecule has 2 fully saturated rings. The minimum absolute atomic E-state index is 0.329. The first kappa shape index (κ1) is 16.6. The maximum atomic E-state index is 5.60. The first-order valence-corrected chi connectivity index (χ1v) is 8.98. The van der Waals surface area contributed by atoms with Gasteiger partial charge in [0.1, 0.15) is 0 Å². The van der Waals surface area contributed by atoms with Crippen LogP contribution in [0, 0.1) is 0 Å². The molecule has 126 valence electrons. The number of likely N-dealkylation sites (tertiary alicyclic amines) is 1. The van der Waals surface area contributed by atoms with E-state index in [1.807, 2.05) is 12.3 Å². The summed E-state index contributed by atoms with van der Waals surface area (Å²) in [6, 6.07) is 6.58. The second-order valence-corrected chi connectivity index (χ2v) is 6.77. The highest BCUT2D eigenvalue weighted by Crippen LogP contribution is 2.13. The third-order valence-corrected chi connectivity index (χ3v) is 4.81. The molecule has 1 atom stereocenters. The molecule has 3 heterocycles. The average Bonchev–Trinajstić information content (AvgIpc) is 3.09. The fourth-order valence-electron chi connectivity index (χ4n) is 3.20. The topological polar surface area (TPSA) is 49.4 Å². The van der Waals surface area contributed by atoms with Crippen molar-refractivity contribution >= 4 is 17.3 Å². The van der Waals surface area contributed by atoms with Crippen molar-refractivity contribution in [1.29, 1.82) is 0 Å². The second-order valence-electron chi connectivity index (χ2n) is 6.36. The summed E-state index contributed by atoms with van der Waals surface area (Å²) in [5.41, 5.74) is 1.15. The van der Waals surface area contributed by atoms with Crippen LogP contribution in [0.15, 0.2) is 24.4 Å². The number of piperidine rings is 1. The summed E-state index contributed by atoms with van der Waals surface area (Å²) < 4.78 is 5.60. The van der Waals surface area contributed by atoms with E-state index in [1.165, 1.54) is 6.42 Å². The van der Waals surface area contributed by atoms with E-state index in [0.29, 0.717) is 12.1 Å². The molecule has 0 spiro atoms. The van der Waals surface area contributed by atoms with E-state index in [-0.39, 0.29) is 0 Å². The van der Waals surface area contributed by atoms with E-state index < -0.39 is 0 Å². The third kappa shape index (κ3) is 5.41. The Morgan fingerprint density at radius 3 is 2.87 bits per heavy atom. The molecule has 0 aliphatic carbocycles. The molecule has 1 aromatic heterocycles. The molecule has 2 saturated heterocycles. The first-order valence-electron chi connectivity index (χ1n) is 8.58. The van der Waals surface area contributed by atoms with E-state index in [0.717, 1.165) is 62.9 Å². The monoisotopic (exact) mass is 334 g/mol. The van der Waals surface area contributed by atoms with Crippen molar-refractivity contribution in [2.75, 3.05) is 26.2 Å². The lowest BCUT2D eigenvalue weighted by molar-refractivity contribution is 0.114. The molecule has 0 bridgehead atoms. The standard InChI is InChI=1S/C17H26N4OS/c23-17(19-12-16-5-3-11-22-16)20-14-6-9-21(10-7-14)13-15-4-1-2-8-18-15/h1-2,4,8,14,16H,3,5-7,9-13H2,(H2,19,20,23)/t16-/m1/s1. The van der Waals surface area contributed by atoms with Gasteiger partial charge in [0.05, 0.1) is 11.8 Å². The minimum Gasteiger partial charge on any atom is -0.376 e. The highest BCUT2D eigenvalue weighted by Gasteiger charge is 2.21. The van der Waals surface area contributed by atoms with Crippen LogP contribution in [0.3, 0.4) is 0 Å². The number of hydrogen-bond acceptors (Lipinski definition) is 4. The molecule has 5 nitrogen and oxygen atoms in total. The Hall–Kier alpha value is -1.24. The van der Waals surface area contributed by atoms with Crippen LogP contribution in [0.25, 0.3) is 0 Å². The van der Waals surface area contributed by atoms with Crippen molar-refractivity contribution in [3.8, 4) is 0 Å². The maximum absolute atomic E-state index is 5.60. The minimum atomic E-state index is 0.329. The number of ether oxygens (including phenoxy) is 1. The molecule has 2 N–H and O–H groups in total. The summed E-state index contributed by atoms with van der Waals surface area (Å²) in [4.78, 5) is 6.86. The van der Waals surface area contributed by atoms with Gasteiger partial charge in [0.2, 0.25) is 0 Å². The maximum Gasteiger partial charge on any atom is 0.166 e. The number of rotatable bonds is 5. The van der Waals surface area contributed by atoms with Crippen LogP contribution >= 0.6 is 12.2 Å². The Bertz CT molecular complexity index is 485. The van der Waals surface area contributed by atoms with Crippen LogP contribution in [0.1, 0.15) is 31.4 Å². The van der Waals surface area contributed by atoms with E-state index >= 15 is 0 Å². The molecule has 0 aromatic carbocycles. The van der Waals surface area contributed by atoms with Crippen LogP contribution in [0.2, 0.25) is 0 Å². The highest BCUT2D eigenvalue weighted by atomic mass is 32.1. The zero-order valence-electron chi connectivity index (χ0n) is 13.5. The second kappa shape index (κ2) is 8.57. The Balaban J connectivity index is 1.33. The molecule has 3 rings (SSSR count). The Kier molecular flexibility index (Phi) is 6.19. The predicted octanol–water partition coefficient (Wildman–Crippen LogP) is 1.69. The van der Waals surface area contributed by atoms with Gasteiger partial charge >= 0.3 is 0 Å². The van der Waals surface area contributed by atoms with Gasteiger partial charge < -0.3 is 15.4 Å². The Morgan fingerprint density at radius 2 is 2.17 bits per heavy atom. The number of hydrogen-bond donors (Lipinski definition) is 2. The van der Waals surface area contributed by atoms with E-state index in [9.17, 15) is 0 Å². The summed E-state index contributed by atoms with van der Waals surface area (Å²) in [7, 11) is 0. The molecule has 0 amide bonds. The molecule has 23 heavy (non-hydrogen) atoms. The zero-order chi connectivity index (χ0) is 15.9. The van der Waals surface area contributed by atoms with Gasteiger partial charge in [0, 0.05) is 45.0 Å². The van der Waals surface area contributed by atoms with Gasteiger partial charge in [-0.2, -0.15) is 0 Å². The quantitative estimate of drug-likeness (QED) is 0.799. The van der Waals surface area contributed by atoms with E-state index in [2.05, 4.69) is 32.7 Å². The first-order chi connectivity index (χ1) is 11.3. The number of nitrogens with one attached hydrogen (secondary N) is 2. The molecule has 0 unspecified atom stereocenters. The van der Waals surface area contributed by atoms with Crippen LogP contribution in [0.4, 0.5) is 0 Å². The smallest absolute Gasteiger partial charge is 0.166 e. The molecule has 0 saturated carbocycles. The zero-order valence-corrected chi connectivity index (χ0v) is 14.4. The van der Waals surface area contributed by atoms with Crippen LogP contribution in [0.5, 0.6) is 0 Å². The fourth-order valence-corrected chi connectivity index (χ4v) is 3.45. The predicted molar refractivity (Wildman–Crippen MR) is 95.2 cm³/mol. The number of nitrogens with zero attached hydrogens (tertiary/aromatic N) is 2. The molecule has 2 aliphatic rings.